The highest BCUT2D eigenvalue weighted by atomic mass is 15.3. The largest absolute Gasteiger partial charge is 0.310 e. The van der Waals surface area contributed by atoms with E-state index in [0.717, 1.165) is 13.1 Å². The lowest BCUT2D eigenvalue weighted by Crippen LogP contribution is -2.21. The first-order chi connectivity index (χ1) is 9.72. The van der Waals surface area contributed by atoms with Gasteiger partial charge in [0.2, 0.25) is 0 Å². The molecule has 20 heavy (non-hydrogen) atoms. The number of nitrogens with one attached hydrogen (secondary N) is 1. The van der Waals surface area contributed by atoms with Gasteiger partial charge in [0.1, 0.15) is 0 Å². The van der Waals surface area contributed by atoms with Crippen molar-refractivity contribution < 1.29 is 0 Å². The summed E-state index contributed by atoms with van der Waals surface area (Å²) in [6.45, 7) is 8.61. The van der Waals surface area contributed by atoms with Gasteiger partial charge in [0.15, 0.2) is 0 Å². The molecular weight excluding hydrogens is 246 g/mol. The van der Waals surface area contributed by atoms with Crippen LogP contribution in [0.15, 0.2) is 12.4 Å². The van der Waals surface area contributed by atoms with E-state index in [1.165, 1.54) is 56.9 Å². The van der Waals surface area contributed by atoms with Gasteiger partial charge < -0.3 is 5.32 Å². The Morgan fingerprint density at radius 1 is 1.05 bits per heavy atom. The Morgan fingerprint density at radius 3 is 2.35 bits per heavy atom. The Balaban J connectivity index is 2.01. The second-order valence-electron chi connectivity index (χ2n) is 6.12. The molecule has 0 atom stereocenters. The van der Waals surface area contributed by atoms with E-state index in [1.807, 2.05) is 6.20 Å². The van der Waals surface area contributed by atoms with Gasteiger partial charge >= 0.3 is 0 Å². The van der Waals surface area contributed by atoms with E-state index in [9.17, 15) is 0 Å². The minimum Gasteiger partial charge on any atom is -0.310 e. The molecule has 0 saturated heterocycles. The number of hydrogen-bond acceptors (Lipinski definition) is 2. The molecule has 1 aromatic rings. The summed E-state index contributed by atoms with van der Waals surface area (Å²) < 4.78 is 2.09. The lowest BCUT2D eigenvalue weighted by Gasteiger charge is -2.05. The van der Waals surface area contributed by atoms with Gasteiger partial charge in [0.05, 0.1) is 6.20 Å². The van der Waals surface area contributed by atoms with E-state index in [1.54, 1.807) is 0 Å². The molecule has 0 aliphatic rings. The van der Waals surface area contributed by atoms with E-state index in [4.69, 9.17) is 0 Å². The fourth-order valence-corrected chi connectivity index (χ4v) is 2.35. The third kappa shape index (κ3) is 8.36. The van der Waals surface area contributed by atoms with E-state index >= 15 is 0 Å². The monoisotopic (exact) mass is 279 g/mol. The Labute approximate surface area is 125 Å². The van der Waals surface area contributed by atoms with Gasteiger partial charge in [-0.3, -0.25) is 4.68 Å². The topological polar surface area (TPSA) is 29.9 Å². The van der Waals surface area contributed by atoms with E-state index < -0.39 is 0 Å². The number of nitrogens with zero attached hydrogens (tertiary/aromatic N) is 2. The summed E-state index contributed by atoms with van der Waals surface area (Å²) in [5.41, 5.74) is 1.29. The summed E-state index contributed by atoms with van der Waals surface area (Å²) in [5.74, 6) is 0. The highest BCUT2D eigenvalue weighted by Gasteiger charge is 2.00. The Hall–Kier alpha value is -0.830. The normalized spacial score (nSPS) is 11.4. The van der Waals surface area contributed by atoms with Crippen molar-refractivity contribution in [3.63, 3.8) is 0 Å². The molecule has 0 aromatic carbocycles. The van der Waals surface area contributed by atoms with E-state index in [0.29, 0.717) is 6.04 Å². The Bertz CT molecular complexity index is 331. The molecule has 1 aromatic heterocycles. The molecule has 0 fully saturated rings. The van der Waals surface area contributed by atoms with Crippen molar-refractivity contribution in [2.24, 2.45) is 0 Å². The maximum Gasteiger partial charge on any atom is 0.0534 e. The van der Waals surface area contributed by atoms with Crippen LogP contribution in [-0.4, -0.2) is 15.8 Å². The molecule has 116 valence electrons. The number of hydrogen-bond donors (Lipinski definition) is 1. The van der Waals surface area contributed by atoms with Gasteiger partial charge in [-0.25, -0.2) is 0 Å². The highest BCUT2D eigenvalue weighted by molar-refractivity contribution is 5.03. The zero-order valence-corrected chi connectivity index (χ0v) is 13.7. The van der Waals surface area contributed by atoms with Crippen LogP contribution in [0, 0.1) is 0 Å². The zero-order valence-electron chi connectivity index (χ0n) is 13.7. The number of rotatable bonds is 12. The third-order valence-corrected chi connectivity index (χ3v) is 3.64. The van der Waals surface area contributed by atoms with Crippen LogP contribution < -0.4 is 5.32 Å². The Kier molecular flexibility index (Phi) is 9.38. The average Bonchev–Trinajstić information content (AvgIpc) is 2.87. The van der Waals surface area contributed by atoms with Gasteiger partial charge in [-0.1, -0.05) is 65.7 Å². The average molecular weight is 279 g/mol. The molecule has 0 aliphatic carbocycles. The first kappa shape index (κ1) is 17.2. The van der Waals surface area contributed by atoms with Crippen LogP contribution >= 0.6 is 0 Å². The molecule has 0 bridgehead atoms. The van der Waals surface area contributed by atoms with Crippen LogP contribution in [0.5, 0.6) is 0 Å². The molecule has 0 amide bonds. The zero-order chi connectivity index (χ0) is 14.6. The van der Waals surface area contributed by atoms with Crippen LogP contribution in [0.4, 0.5) is 0 Å². The Morgan fingerprint density at radius 2 is 1.70 bits per heavy atom. The van der Waals surface area contributed by atoms with Crippen LogP contribution in [0.25, 0.3) is 0 Å². The molecule has 1 N–H and O–H groups in total. The van der Waals surface area contributed by atoms with Crippen molar-refractivity contribution in [1.29, 1.82) is 0 Å². The summed E-state index contributed by atoms with van der Waals surface area (Å²) in [7, 11) is 0. The molecule has 1 heterocycles. The quantitative estimate of drug-likeness (QED) is 0.570. The standard InChI is InChI=1S/C17H33N3/c1-4-5-6-7-8-9-10-11-12-20-15-17(14-19-20)13-18-16(2)3/h14-16,18H,4-13H2,1-3H3. The van der Waals surface area contributed by atoms with Gasteiger partial charge in [-0.15, -0.1) is 0 Å². The van der Waals surface area contributed by atoms with Crippen molar-refractivity contribution in [1.82, 2.24) is 15.1 Å². The van der Waals surface area contributed by atoms with E-state index in [2.05, 4.69) is 42.1 Å². The van der Waals surface area contributed by atoms with Crippen molar-refractivity contribution in [2.45, 2.75) is 91.3 Å². The number of unbranched alkanes of at least 4 members (excludes halogenated alkanes) is 7. The maximum atomic E-state index is 4.43. The van der Waals surface area contributed by atoms with Gasteiger partial charge in [0.25, 0.3) is 0 Å². The van der Waals surface area contributed by atoms with Crippen LogP contribution in [0.2, 0.25) is 0 Å². The summed E-state index contributed by atoms with van der Waals surface area (Å²) >= 11 is 0. The van der Waals surface area contributed by atoms with Crippen molar-refractivity contribution >= 4 is 0 Å². The molecule has 1 rings (SSSR count). The smallest absolute Gasteiger partial charge is 0.0534 e. The number of aryl methyl sites for hydroxylation is 1. The maximum absolute atomic E-state index is 4.43. The molecule has 0 saturated carbocycles. The molecular formula is C17H33N3. The second kappa shape index (κ2) is 10.9. The van der Waals surface area contributed by atoms with Crippen LogP contribution in [0.1, 0.15) is 77.7 Å². The molecule has 0 radical (unpaired) electrons. The van der Waals surface area contributed by atoms with Gasteiger partial charge in [-0.2, -0.15) is 5.10 Å². The lowest BCUT2D eigenvalue weighted by molar-refractivity contribution is 0.519. The van der Waals surface area contributed by atoms with Crippen molar-refractivity contribution in [3.8, 4) is 0 Å². The summed E-state index contributed by atoms with van der Waals surface area (Å²) in [6.07, 6.45) is 15.1. The summed E-state index contributed by atoms with van der Waals surface area (Å²) in [6, 6.07) is 0.533. The number of aromatic nitrogens is 2. The lowest BCUT2D eigenvalue weighted by atomic mass is 10.1. The predicted octanol–water partition coefficient (Wildman–Crippen LogP) is 4.52. The van der Waals surface area contributed by atoms with Crippen LogP contribution in [0.3, 0.4) is 0 Å². The molecule has 0 unspecified atom stereocenters. The molecule has 3 heteroatoms. The molecule has 0 spiro atoms. The highest BCUT2D eigenvalue weighted by Crippen LogP contribution is 2.09. The minimum atomic E-state index is 0.533. The second-order valence-corrected chi connectivity index (χ2v) is 6.12. The fraction of sp³-hybridized carbons (Fsp3) is 0.824. The predicted molar refractivity (Wildman–Crippen MR) is 86.8 cm³/mol. The SMILES string of the molecule is CCCCCCCCCCn1cc(CNC(C)C)cn1. The van der Waals surface area contributed by atoms with Gasteiger partial charge in [-0.05, 0) is 6.42 Å². The van der Waals surface area contributed by atoms with Gasteiger partial charge in [0, 0.05) is 30.9 Å². The summed E-state index contributed by atoms with van der Waals surface area (Å²) in [4.78, 5) is 0. The third-order valence-electron chi connectivity index (χ3n) is 3.64. The summed E-state index contributed by atoms with van der Waals surface area (Å²) in [5, 5.41) is 7.85. The fourth-order valence-electron chi connectivity index (χ4n) is 2.35. The van der Waals surface area contributed by atoms with Crippen molar-refractivity contribution in [3.05, 3.63) is 18.0 Å². The molecule has 3 nitrogen and oxygen atoms in total. The first-order valence-corrected chi connectivity index (χ1v) is 8.47. The minimum absolute atomic E-state index is 0.533. The van der Waals surface area contributed by atoms with Crippen molar-refractivity contribution in [2.75, 3.05) is 0 Å². The first-order valence-electron chi connectivity index (χ1n) is 8.47. The van der Waals surface area contributed by atoms with E-state index in [-0.39, 0.29) is 0 Å². The van der Waals surface area contributed by atoms with Crippen LogP contribution in [-0.2, 0) is 13.1 Å². The molecule has 0 aliphatic heterocycles.